The summed E-state index contributed by atoms with van der Waals surface area (Å²) >= 11 is 0. The Bertz CT molecular complexity index is 946. The Hall–Kier alpha value is -3.21. The second-order valence-corrected chi connectivity index (χ2v) is 5.46. The fraction of sp³-hybridized carbons (Fsp3) is 0.0556. The Morgan fingerprint density at radius 3 is 2.57 bits per heavy atom. The van der Waals surface area contributed by atoms with E-state index in [0.29, 0.717) is 6.54 Å². The van der Waals surface area contributed by atoms with Crippen LogP contribution >= 0.6 is 0 Å². The number of fused-ring (bicyclic) bond motifs is 3. The van der Waals surface area contributed by atoms with Gasteiger partial charge < -0.3 is 0 Å². The average Bonchev–Trinajstić information content (AvgIpc) is 2.61. The molecule has 0 spiro atoms. The lowest BCUT2D eigenvalue weighted by molar-refractivity contribution is -0.625. The number of hydrogen-bond donors (Lipinski definition) is 1. The first-order chi connectivity index (χ1) is 11.2. The third-order valence-electron chi connectivity index (χ3n) is 4.07. The minimum absolute atomic E-state index is 0.110. The van der Waals surface area contributed by atoms with Gasteiger partial charge in [0, 0.05) is 35.7 Å². The van der Waals surface area contributed by atoms with E-state index in [1.54, 1.807) is 24.3 Å². The second-order valence-electron chi connectivity index (χ2n) is 5.46. The normalized spacial score (nSPS) is 13.1. The first-order valence-electron chi connectivity index (χ1n) is 7.35. The topological polar surface area (TPSA) is 59.1 Å². The molecule has 0 saturated carbocycles. The Kier molecular flexibility index (Phi) is 3.05. The van der Waals surface area contributed by atoms with E-state index in [4.69, 9.17) is 0 Å². The summed E-state index contributed by atoms with van der Waals surface area (Å²) in [4.78, 5) is 10.4. The Labute approximate surface area is 132 Å². The van der Waals surface area contributed by atoms with Gasteiger partial charge in [-0.1, -0.05) is 16.8 Å². The Morgan fingerprint density at radius 1 is 1.00 bits per heavy atom. The molecule has 1 N–H and O–H groups in total. The van der Waals surface area contributed by atoms with Crippen molar-refractivity contribution in [2.24, 2.45) is 0 Å². The van der Waals surface area contributed by atoms with Crippen molar-refractivity contribution in [3.63, 3.8) is 0 Å². The number of pyridine rings is 1. The third kappa shape index (κ3) is 2.32. The fourth-order valence-corrected chi connectivity index (χ4v) is 2.89. The summed E-state index contributed by atoms with van der Waals surface area (Å²) in [7, 11) is 0. The van der Waals surface area contributed by atoms with Crippen molar-refractivity contribution >= 4 is 28.2 Å². The molecule has 0 fully saturated rings. The van der Waals surface area contributed by atoms with Crippen LogP contribution in [0.4, 0.5) is 5.69 Å². The van der Waals surface area contributed by atoms with Crippen LogP contribution < -0.4 is 10.1 Å². The summed E-state index contributed by atoms with van der Waals surface area (Å²) in [5.41, 5.74) is 7.80. The van der Waals surface area contributed by atoms with Gasteiger partial charge >= 0.3 is 0 Å². The maximum Gasteiger partial charge on any atom is 0.269 e. The molecule has 0 atom stereocenters. The van der Waals surface area contributed by atoms with Gasteiger partial charge in [0.25, 0.3) is 5.69 Å². The van der Waals surface area contributed by atoms with E-state index in [-0.39, 0.29) is 10.6 Å². The van der Waals surface area contributed by atoms with Crippen molar-refractivity contribution in [1.29, 1.82) is 0 Å². The van der Waals surface area contributed by atoms with Gasteiger partial charge in [0.2, 0.25) is 11.2 Å². The molecule has 2 heterocycles. The molecule has 5 nitrogen and oxygen atoms in total. The van der Waals surface area contributed by atoms with Crippen molar-refractivity contribution in [2.45, 2.75) is 0 Å². The molecule has 0 bridgehead atoms. The summed E-state index contributed by atoms with van der Waals surface area (Å²) in [6, 6.07) is 19.0. The van der Waals surface area contributed by atoms with Crippen molar-refractivity contribution < 1.29 is 9.60 Å². The van der Waals surface area contributed by atoms with Crippen LogP contribution in [-0.4, -0.2) is 11.5 Å². The molecular formula is C18H14N3O2+. The molecule has 112 valence electrons. The SMILES string of the molecule is O=[N+]([O-])c1ccc(C2=Cc3ccc4ccccc4[n+]3NC2)cc1. The molecule has 23 heavy (non-hydrogen) atoms. The highest BCUT2D eigenvalue weighted by Gasteiger charge is 2.20. The highest BCUT2D eigenvalue weighted by Crippen LogP contribution is 2.22. The summed E-state index contributed by atoms with van der Waals surface area (Å²) in [5.74, 6) is 0. The molecule has 3 aromatic rings. The van der Waals surface area contributed by atoms with Crippen LogP contribution in [0.25, 0.3) is 22.6 Å². The number of benzene rings is 2. The van der Waals surface area contributed by atoms with Crippen LogP contribution in [0.15, 0.2) is 60.7 Å². The Balaban J connectivity index is 1.77. The highest BCUT2D eigenvalue weighted by molar-refractivity contribution is 5.84. The molecule has 4 rings (SSSR count). The minimum atomic E-state index is -0.380. The minimum Gasteiger partial charge on any atom is -0.258 e. The summed E-state index contributed by atoms with van der Waals surface area (Å²) < 4.78 is 2.07. The first kappa shape index (κ1) is 13.5. The zero-order valence-corrected chi connectivity index (χ0v) is 12.3. The standard InChI is InChI=1S/C18H14N3O2/c22-21(23)16-8-5-13(6-9-16)15-11-17-10-7-14-3-1-2-4-18(14)20(17)19-12-15/h1-11,19H,12H2/q+1. The maximum absolute atomic E-state index is 10.8. The number of nitrogens with zero attached hydrogens (tertiary/aromatic N) is 2. The molecular weight excluding hydrogens is 290 g/mol. The largest absolute Gasteiger partial charge is 0.269 e. The van der Waals surface area contributed by atoms with E-state index in [9.17, 15) is 10.1 Å². The number of nitro benzene ring substituents is 1. The number of para-hydroxylation sites is 1. The lowest BCUT2D eigenvalue weighted by Gasteiger charge is -2.14. The van der Waals surface area contributed by atoms with Gasteiger partial charge in [0.1, 0.15) is 0 Å². The van der Waals surface area contributed by atoms with Crippen molar-refractivity contribution in [2.75, 3.05) is 12.0 Å². The first-order valence-corrected chi connectivity index (χ1v) is 7.35. The number of nitro groups is 1. The average molecular weight is 304 g/mol. The molecule has 1 aliphatic heterocycles. The number of hydrogen-bond acceptors (Lipinski definition) is 3. The van der Waals surface area contributed by atoms with Gasteiger partial charge in [0.15, 0.2) is 0 Å². The molecule has 1 aliphatic rings. The lowest BCUT2D eigenvalue weighted by Crippen LogP contribution is -2.50. The van der Waals surface area contributed by atoms with E-state index in [1.807, 2.05) is 12.1 Å². The van der Waals surface area contributed by atoms with Crippen LogP contribution in [0.3, 0.4) is 0 Å². The molecule has 0 amide bonds. The van der Waals surface area contributed by atoms with Crippen molar-refractivity contribution in [1.82, 2.24) is 0 Å². The van der Waals surface area contributed by atoms with Gasteiger partial charge in [-0.15, -0.1) is 0 Å². The second kappa shape index (κ2) is 5.21. The lowest BCUT2D eigenvalue weighted by atomic mass is 10.0. The van der Waals surface area contributed by atoms with Crippen LogP contribution in [0.1, 0.15) is 11.3 Å². The van der Waals surface area contributed by atoms with E-state index in [2.05, 4.69) is 40.4 Å². The molecule has 2 aromatic carbocycles. The monoisotopic (exact) mass is 304 g/mol. The molecule has 0 unspecified atom stereocenters. The number of rotatable bonds is 2. The predicted octanol–water partition coefficient (Wildman–Crippen LogP) is 3.13. The zero-order chi connectivity index (χ0) is 15.8. The van der Waals surface area contributed by atoms with Crippen LogP contribution in [0.5, 0.6) is 0 Å². The van der Waals surface area contributed by atoms with E-state index >= 15 is 0 Å². The zero-order valence-electron chi connectivity index (χ0n) is 12.3. The summed E-state index contributed by atoms with van der Waals surface area (Å²) in [6.45, 7) is 0.670. The van der Waals surface area contributed by atoms with E-state index in [0.717, 1.165) is 22.3 Å². The van der Waals surface area contributed by atoms with E-state index in [1.165, 1.54) is 5.39 Å². The summed E-state index contributed by atoms with van der Waals surface area (Å²) in [5, 5.41) is 11.9. The number of aromatic nitrogens is 1. The smallest absolute Gasteiger partial charge is 0.258 e. The fourth-order valence-electron chi connectivity index (χ4n) is 2.89. The third-order valence-corrected chi connectivity index (χ3v) is 4.07. The number of non-ortho nitro benzene ring substituents is 1. The molecule has 0 saturated heterocycles. The molecule has 1 aromatic heterocycles. The Morgan fingerprint density at radius 2 is 1.78 bits per heavy atom. The van der Waals surface area contributed by atoms with E-state index < -0.39 is 0 Å². The quantitative estimate of drug-likeness (QED) is 0.449. The van der Waals surface area contributed by atoms with Crippen molar-refractivity contribution in [3.8, 4) is 0 Å². The van der Waals surface area contributed by atoms with Crippen LogP contribution in [0.2, 0.25) is 0 Å². The summed E-state index contributed by atoms with van der Waals surface area (Å²) in [6.07, 6.45) is 2.12. The van der Waals surface area contributed by atoms with Crippen LogP contribution in [0, 0.1) is 10.1 Å². The molecule has 5 heteroatoms. The predicted molar refractivity (Wildman–Crippen MR) is 89.3 cm³/mol. The van der Waals surface area contributed by atoms with Gasteiger partial charge in [0.05, 0.1) is 11.5 Å². The van der Waals surface area contributed by atoms with Gasteiger partial charge in [-0.3, -0.25) is 10.1 Å². The maximum atomic E-state index is 10.8. The molecule has 0 radical (unpaired) electrons. The van der Waals surface area contributed by atoms with Crippen LogP contribution in [-0.2, 0) is 0 Å². The number of nitrogens with one attached hydrogen (secondary N) is 1. The van der Waals surface area contributed by atoms with Crippen molar-refractivity contribution in [3.05, 3.63) is 82.0 Å². The van der Waals surface area contributed by atoms with Gasteiger partial charge in [-0.05, 0) is 35.4 Å². The molecule has 0 aliphatic carbocycles. The van der Waals surface area contributed by atoms with Gasteiger partial charge in [-0.2, -0.15) is 5.43 Å². The highest BCUT2D eigenvalue weighted by atomic mass is 16.6. The van der Waals surface area contributed by atoms with Gasteiger partial charge in [-0.25, -0.2) is 0 Å².